The summed E-state index contributed by atoms with van der Waals surface area (Å²) in [7, 11) is 0. The molecule has 148 valence electrons. The molecule has 1 aromatic carbocycles. The van der Waals surface area contributed by atoms with E-state index in [-0.39, 0.29) is 12.4 Å². The number of nitrogens with one attached hydrogen (secondary N) is 1. The summed E-state index contributed by atoms with van der Waals surface area (Å²) in [4.78, 5) is 23.2. The minimum Gasteiger partial charge on any atom is -0.538 e. The third-order valence-electron chi connectivity index (χ3n) is 3.89. The first-order chi connectivity index (χ1) is 12.7. The molecule has 8 nitrogen and oxygen atoms in total. The number of hydrogen-bond donors (Lipinski definition) is 1. The second kappa shape index (κ2) is 8.28. The molecule has 0 aliphatic rings. The number of carboxylic acid groups (broad SMARTS) is 1. The third kappa shape index (κ3) is 4.90. The number of benzene rings is 1. The van der Waals surface area contributed by atoms with E-state index in [1.54, 1.807) is 42.0 Å². The molecule has 0 saturated heterocycles. The van der Waals surface area contributed by atoms with Crippen LogP contribution in [-0.4, -0.2) is 35.4 Å². The number of nitrogens with zero attached hydrogens (tertiary/aromatic N) is 2. The molecular weight excluding hydrogens is 350 g/mol. The number of fused-ring (bicyclic) bond motifs is 1. The molecule has 1 amide bonds. The van der Waals surface area contributed by atoms with Crippen LogP contribution in [0.15, 0.2) is 18.2 Å². The highest BCUT2D eigenvalue weighted by molar-refractivity contribution is 5.85. The Morgan fingerprint density at radius 1 is 1.26 bits per heavy atom. The lowest BCUT2D eigenvalue weighted by molar-refractivity contribution is -0.673. The van der Waals surface area contributed by atoms with Crippen LogP contribution in [-0.2, 0) is 17.8 Å². The van der Waals surface area contributed by atoms with Crippen molar-refractivity contribution in [2.75, 3.05) is 13.2 Å². The van der Waals surface area contributed by atoms with Gasteiger partial charge in [-0.1, -0.05) is 0 Å². The summed E-state index contributed by atoms with van der Waals surface area (Å²) in [6.45, 7) is 10.7. The summed E-state index contributed by atoms with van der Waals surface area (Å²) in [5, 5.41) is 14.2. The van der Waals surface area contributed by atoms with Gasteiger partial charge in [-0.15, -0.1) is 0 Å². The Kier molecular flexibility index (Phi) is 6.30. The number of carbonyl (C=O) groups is 2. The van der Waals surface area contributed by atoms with Crippen molar-refractivity contribution >= 4 is 23.1 Å². The maximum Gasteiger partial charge on any atom is 0.407 e. The standard InChI is InChI=1S/C19H27N3O5/c1-6-21-14-9-8-13(12-15(14)22(7-2)16(21)17(23)24)26-11-10-20-18(25)27-19(3,4)5/h8-9,12H,6-7,10-11H2,1-5H3,(H-,20,23,24,25). The molecule has 0 fully saturated rings. The molecule has 0 bridgehead atoms. The van der Waals surface area contributed by atoms with Gasteiger partial charge in [0.2, 0.25) is 0 Å². The Hall–Kier alpha value is -2.77. The van der Waals surface area contributed by atoms with Crippen LogP contribution in [0.2, 0.25) is 0 Å². The summed E-state index contributed by atoms with van der Waals surface area (Å²) in [6, 6.07) is 5.40. The normalized spacial score (nSPS) is 11.4. The molecule has 2 rings (SSSR count). The van der Waals surface area contributed by atoms with Crippen molar-refractivity contribution in [3.63, 3.8) is 0 Å². The Bertz CT molecular complexity index is 836. The number of hydrogen-bond acceptors (Lipinski definition) is 5. The number of amides is 1. The zero-order valence-electron chi connectivity index (χ0n) is 16.5. The molecule has 0 aliphatic carbocycles. The number of ether oxygens (including phenoxy) is 2. The SMILES string of the molecule is CCn1c(C(=O)[O-])[n+](CC)c2ccc(OCCNC(=O)OC(C)(C)C)cc21. The number of aryl methyl sites for hydroxylation is 2. The number of aromatic nitrogens is 2. The quantitative estimate of drug-likeness (QED) is 0.578. The summed E-state index contributed by atoms with van der Waals surface area (Å²) in [6.07, 6.45) is -0.496. The summed E-state index contributed by atoms with van der Waals surface area (Å²) in [5.41, 5.74) is 1.02. The molecule has 1 heterocycles. The Morgan fingerprint density at radius 3 is 2.52 bits per heavy atom. The fourth-order valence-corrected chi connectivity index (χ4v) is 2.91. The number of imidazole rings is 1. The molecule has 0 saturated carbocycles. The molecule has 27 heavy (non-hydrogen) atoms. The maximum atomic E-state index is 11.6. The van der Waals surface area contributed by atoms with E-state index in [2.05, 4.69) is 5.32 Å². The molecular formula is C19H27N3O5. The van der Waals surface area contributed by atoms with Crippen molar-refractivity contribution < 1.29 is 28.7 Å². The molecule has 0 radical (unpaired) electrons. The first-order valence-electron chi connectivity index (χ1n) is 9.05. The zero-order valence-corrected chi connectivity index (χ0v) is 16.5. The average Bonchev–Trinajstić information content (AvgIpc) is 2.90. The van der Waals surface area contributed by atoms with Gasteiger partial charge in [0.1, 0.15) is 18.0 Å². The molecule has 0 atom stereocenters. The van der Waals surface area contributed by atoms with Crippen molar-refractivity contribution in [1.29, 1.82) is 0 Å². The Morgan fingerprint density at radius 2 is 1.96 bits per heavy atom. The van der Waals surface area contributed by atoms with E-state index < -0.39 is 17.7 Å². The van der Waals surface area contributed by atoms with Gasteiger partial charge >= 0.3 is 11.9 Å². The first kappa shape index (κ1) is 20.5. The smallest absolute Gasteiger partial charge is 0.407 e. The van der Waals surface area contributed by atoms with Gasteiger partial charge in [-0.25, -0.2) is 13.9 Å². The van der Waals surface area contributed by atoms with Gasteiger partial charge in [0.05, 0.1) is 19.6 Å². The minimum absolute atomic E-state index is 0.138. The highest BCUT2D eigenvalue weighted by atomic mass is 16.6. The van der Waals surface area contributed by atoms with Gasteiger partial charge in [0, 0.05) is 6.07 Å². The maximum absolute atomic E-state index is 11.6. The number of carboxylic acids is 1. The average molecular weight is 377 g/mol. The number of aromatic carboxylic acids is 1. The Balaban J connectivity index is 2.10. The van der Waals surface area contributed by atoms with Crippen LogP contribution < -0.4 is 19.7 Å². The highest BCUT2D eigenvalue weighted by Crippen LogP contribution is 2.21. The van der Waals surface area contributed by atoms with Crippen molar-refractivity contribution in [3.8, 4) is 5.75 Å². The van der Waals surface area contributed by atoms with Crippen LogP contribution in [0.4, 0.5) is 4.79 Å². The lowest BCUT2D eigenvalue weighted by Crippen LogP contribution is -2.44. The highest BCUT2D eigenvalue weighted by Gasteiger charge is 2.24. The lowest BCUT2D eigenvalue weighted by atomic mass is 10.2. The topological polar surface area (TPSA) is 96.5 Å². The zero-order chi connectivity index (χ0) is 20.2. The summed E-state index contributed by atoms with van der Waals surface area (Å²) < 4.78 is 14.2. The molecule has 1 N–H and O–H groups in total. The van der Waals surface area contributed by atoms with Crippen LogP contribution >= 0.6 is 0 Å². The predicted molar refractivity (Wildman–Crippen MR) is 97.5 cm³/mol. The van der Waals surface area contributed by atoms with Crippen molar-refractivity contribution in [1.82, 2.24) is 9.88 Å². The first-order valence-corrected chi connectivity index (χ1v) is 9.05. The van der Waals surface area contributed by atoms with Gasteiger partial charge in [0.15, 0.2) is 17.0 Å². The third-order valence-corrected chi connectivity index (χ3v) is 3.89. The van der Waals surface area contributed by atoms with E-state index >= 15 is 0 Å². The van der Waals surface area contributed by atoms with Gasteiger partial charge in [0.25, 0.3) is 0 Å². The second-order valence-corrected chi connectivity index (χ2v) is 7.03. The van der Waals surface area contributed by atoms with Crippen molar-refractivity contribution in [2.24, 2.45) is 0 Å². The van der Waals surface area contributed by atoms with Crippen LogP contribution in [0.1, 0.15) is 45.2 Å². The monoisotopic (exact) mass is 377 g/mol. The van der Waals surface area contributed by atoms with Crippen molar-refractivity contribution in [3.05, 3.63) is 24.0 Å². The van der Waals surface area contributed by atoms with Crippen LogP contribution in [0, 0.1) is 0 Å². The lowest BCUT2D eigenvalue weighted by Gasteiger charge is -2.19. The molecule has 2 aromatic rings. The molecule has 8 heteroatoms. The summed E-state index contributed by atoms with van der Waals surface area (Å²) in [5.74, 6) is -0.480. The second-order valence-electron chi connectivity index (χ2n) is 7.03. The number of carbonyl (C=O) groups excluding carboxylic acids is 2. The molecule has 1 aromatic heterocycles. The summed E-state index contributed by atoms with van der Waals surface area (Å²) >= 11 is 0. The largest absolute Gasteiger partial charge is 0.538 e. The van der Waals surface area contributed by atoms with Gasteiger partial charge in [-0.2, -0.15) is 0 Å². The number of alkyl carbamates (subject to hydrolysis) is 1. The van der Waals surface area contributed by atoms with Crippen molar-refractivity contribution in [2.45, 2.75) is 53.3 Å². The minimum atomic E-state index is -1.21. The van der Waals surface area contributed by atoms with Crippen LogP contribution in [0.25, 0.3) is 11.0 Å². The van der Waals surface area contributed by atoms with Gasteiger partial charge in [-0.05, 0) is 46.8 Å². The molecule has 0 unspecified atom stereocenters. The van der Waals surface area contributed by atoms with Crippen LogP contribution in [0.3, 0.4) is 0 Å². The Labute approximate surface area is 158 Å². The molecule has 0 spiro atoms. The van der Waals surface area contributed by atoms with E-state index in [4.69, 9.17) is 9.47 Å². The van der Waals surface area contributed by atoms with E-state index in [9.17, 15) is 14.7 Å². The van der Waals surface area contributed by atoms with Gasteiger partial charge in [-0.3, -0.25) is 0 Å². The van der Waals surface area contributed by atoms with E-state index in [0.29, 0.717) is 25.4 Å². The van der Waals surface area contributed by atoms with E-state index in [1.165, 1.54) is 0 Å². The fourth-order valence-electron chi connectivity index (χ4n) is 2.91. The van der Waals surface area contributed by atoms with Crippen LogP contribution in [0.5, 0.6) is 5.75 Å². The van der Waals surface area contributed by atoms with Gasteiger partial charge < -0.3 is 24.7 Å². The fraction of sp³-hybridized carbons (Fsp3) is 0.526. The molecule has 0 aliphatic heterocycles. The van der Waals surface area contributed by atoms with E-state index in [1.807, 2.05) is 19.9 Å². The van der Waals surface area contributed by atoms with E-state index in [0.717, 1.165) is 11.0 Å². The number of rotatable bonds is 7. The predicted octanol–water partition coefficient (Wildman–Crippen LogP) is 1.24.